The smallest absolute Gasteiger partial charge is 0.192 e. The lowest BCUT2D eigenvalue weighted by Gasteiger charge is -2.26. The largest absolute Gasteiger partial charge is 0.299 e. The lowest BCUT2D eigenvalue weighted by Crippen LogP contribution is -2.15. The molecule has 33 heavy (non-hydrogen) atoms. The van der Waals surface area contributed by atoms with E-state index in [1.54, 1.807) is 0 Å². The van der Waals surface area contributed by atoms with E-state index in [0.29, 0.717) is 6.04 Å². The van der Waals surface area contributed by atoms with Gasteiger partial charge in [0, 0.05) is 17.4 Å². The van der Waals surface area contributed by atoms with Gasteiger partial charge in [0.2, 0.25) is 0 Å². The number of rotatable bonds is 5. The molecular formula is C29H39N3S. The molecule has 1 aliphatic rings. The van der Waals surface area contributed by atoms with Gasteiger partial charge in [-0.1, -0.05) is 121 Å². The molecule has 0 radical (unpaired) electrons. The molecule has 1 heterocycles. The third-order valence-corrected chi connectivity index (χ3v) is 7.82. The minimum Gasteiger partial charge on any atom is -0.299 e. The summed E-state index contributed by atoms with van der Waals surface area (Å²) in [5, 5.41) is 10.4. The first-order valence-corrected chi connectivity index (χ1v) is 13.4. The summed E-state index contributed by atoms with van der Waals surface area (Å²) in [6, 6.07) is 18.5. The van der Waals surface area contributed by atoms with Gasteiger partial charge in [-0.25, -0.2) is 0 Å². The van der Waals surface area contributed by atoms with E-state index < -0.39 is 0 Å². The molecule has 3 nitrogen and oxygen atoms in total. The maximum absolute atomic E-state index is 4.70. The summed E-state index contributed by atoms with van der Waals surface area (Å²) >= 11 is 1.82. The molecule has 0 aliphatic heterocycles. The Morgan fingerprint density at radius 1 is 0.758 bits per heavy atom. The Morgan fingerprint density at radius 3 is 1.85 bits per heavy atom. The number of thioether (sulfide) groups is 1. The van der Waals surface area contributed by atoms with Crippen molar-refractivity contribution in [1.82, 2.24) is 14.8 Å². The van der Waals surface area contributed by atoms with Gasteiger partial charge in [0.15, 0.2) is 11.0 Å². The van der Waals surface area contributed by atoms with Crippen LogP contribution in [0.4, 0.5) is 0 Å². The first-order valence-electron chi connectivity index (χ1n) is 12.4. The van der Waals surface area contributed by atoms with Crippen LogP contribution in [-0.2, 0) is 16.6 Å². The van der Waals surface area contributed by atoms with Crippen molar-refractivity contribution in [3.63, 3.8) is 0 Å². The first kappa shape index (κ1) is 24.1. The maximum atomic E-state index is 4.70. The summed E-state index contributed by atoms with van der Waals surface area (Å²) in [6.45, 7) is 13.6. The van der Waals surface area contributed by atoms with Crippen molar-refractivity contribution < 1.29 is 0 Å². The third-order valence-electron chi connectivity index (χ3n) is 6.80. The molecule has 0 amide bonds. The second-order valence-corrected chi connectivity index (χ2v) is 12.5. The summed E-state index contributed by atoms with van der Waals surface area (Å²) < 4.78 is 2.44. The molecule has 1 fully saturated rings. The number of hydrogen-bond acceptors (Lipinski definition) is 3. The van der Waals surface area contributed by atoms with Crippen LogP contribution in [0.2, 0.25) is 0 Å². The second kappa shape index (κ2) is 9.66. The molecule has 1 aromatic heterocycles. The minimum absolute atomic E-state index is 0.152. The summed E-state index contributed by atoms with van der Waals surface area (Å²) in [4.78, 5) is 0. The average molecular weight is 462 g/mol. The van der Waals surface area contributed by atoms with Crippen LogP contribution in [0.5, 0.6) is 0 Å². The molecule has 0 atom stereocenters. The van der Waals surface area contributed by atoms with Crippen LogP contribution in [0, 0.1) is 0 Å². The van der Waals surface area contributed by atoms with Crippen LogP contribution in [0.3, 0.4) is 0 Å². The Labute approximate surface area is 204 Å². The maximum Gasteiger partial charge on any atom is 0.192 e. The Kier molecular flexibility index (Phi) is 7.04. The van der Waals surface area contributed by atoms with Gasteiger partial charge in [-0.3, -0.25) is 4.57 Å². The fraction of sp³-hybridized carbons (Fsp3) is 0.517. The molecule has 0 bridgehead atoms. The number of nitrogens with zero attached hydrogens (tertiary/aromatic N) is 3. The molecule has 1 saturated carbocycles. The van der Waals surface area contributed by atoms with Gasteiger partial charge in [-0.2, -0.15) is 0 Å². The van der Waals surface area contributed by atoms with Crippen molar-refractivity contribution >= 4 is 11.8 Å². The van der Waals surface area contributed by atoms with Gasteiger partial charge >= 0.3 is 0 Å². The second-order valence-electron chi connectivity index (χ2n) is 11.5. The molecule has 0 unspecified atom stereocenters. The molecule has 1 aliphatic carbocycles. The lowest BCUT2D eigenvalue weighted by molar-refractivity contribution is 0.339. The van der Waals surface area contributed by atoms with E-state index in [-0.39, 0.29) is 10.8 Å². The van der Waals surface area contributed by atoms with E-state index in [0.717, 1.165) is 16.7 Å². The van der Waals surface area contributed by atoms with Gasteiger partial charge in [-0.05, 0) is 40.4 Å². The lowest BCUT2D eigenvalue weighted by atomic mass is 9.86. The fourth-order valence-electron chi connectivity index (χ4n) is 4.61. The Hall–Kier alpha value is -2.07. The summed E-state index contributed by atoms with van der Waals surface area (Å²) in [5.41, 5.74) is 5.57. The molecule has 3 aromatic rings. The van der Waals surface area contributed by atoms with E-state index in [1.807, 2.05) is 11.8 Å². The first-order chi connectivity index (χ1) is 15.6. The standard InChI is InChI=1S/C29H39N3S/c1-28(2,3)23-16-12-21(13-17-23)20-33-27-31-30-26(32(27)25-10-8-7-9-11-25)22-14-18-24(19-15-22)29(4,5)6/h12-19,25H,7-11,20H2,1-6H3. The van der Waals surface area contributed by atoms with E-state index in [4.69, 9.17) is 5.10 Å². The van der Waals surface area contributed by atoms with Crippen LogP contribution < -0.4 is 0 Å². The predicted molar refractivity (Wildman–Crippen MR) is 141 cm³/mol. The van der Waals surface area contributed by atoms with Crippen molar-refractivity contribution in [2.45, 2.75) is 101 Å². The van der Waals surface area contributed by atoms with Gasteiger partial charge in [0.25, 0.3) is 0 Å². The zero-order chi connectivity index (χ0) is 23.6. The van der Waals surface area contributed by atoms with Crippen molar-refractivity contribution in [2.24, 2.45) is 0 Å². The molecule has 176 valence electrons. The van der Waals surface area contributed by atoms with Crippen LogP contribution in [0.25, 0.3) is 11.4 Å². The Bertz CT molecular complexity index is 1040. The van der Waals surface area contributed by atoms with E-state index >= 15 is 0 Å². The van der Waals surface area contributed by atoms with Crippen molar-refractivity contribution in [3.8, 4) is 11.4 Å². The van der Waals surface area contributed by atoms with E-state index in [1.165, 1.54) is 54.4 Å². The molecule has 2 aromatic carbocycles. The van der Waals surface area contributed by atoms with Crippen LogP contribution >= 0.6 is 11.8 Å². The molecule has 0 N–H and O–H groups in total. The summed E-state index contributed by atoms with van der Waals surface area (Å²) in [5.74, 6) is 1.94. The van der Waals surface area contributed by atoms with E-state index in [2.05, 4.69) is 99.7 Å². The van der Waals surface area contributed by atoms with Crippen LogP contribution in [0.15, 0.2) is 53.7 Å². The predicted octanol–water partition coefficient (Wildman–Crippen LogP) is 8.34. The molecule has 0 spiro atoms. The summed E-state index contributed by atoms with van der Waals surface area (Å²) in [6.07, 6.45) is 6.38. The van der Waals surface area contributed by atoms with Crippen LogP contribution in [-0.4, -0.2) is 14.8 Å². The normalized spacial score (nSPS) is 15.7. The van der Waals surface area contributed by atoms with Gasteiger partial charge < -0.3 is 0 Å². The SMILES string of the molecule is CC(C)(C)c1ccc(CSc2nnc(-c3ccc(C(C)(C)C)cc3)n2C2CCCCC2)cc1. The molecule has 0 saturated heterocycles. The Balaban J connectivity index is 1.60. The highest BCUT2D eigenvalue weighted by atomic mass is 32.2. The highest BCUT2D eigenvalue weighted by molar-refractivity contribution is 7.98. The zero-order valence-corrected chi connectivity index (χ0v) is 22.0. The van der Waals surface area contributed by atoms with Crippen LogP contribution in [0.1, 0.15) is 96.4 Å². The molecule has 4 heteroatoms. The highest BCUT2D eigenvalue weighted by Gasteiger charge is 2.24. The van der Waals surface area contributed by atoms with Crippen molar-refractivity contribution in [2.75, 3.05) is 0 Å². The number of hydrogen-bond donors (Lipinski definition) is 0. The average Bonchev–Trinajstić information content (AvgIpc) is 3.21. The topological polar surface area (TPSA) is 30.7 Å². The van der Waals surface area contributed by atoms with Gasteiger partial charge in [0.05, 0.1) is 0 Å². The van der Waals surface area contributed by atoms with Gasteiger partial charge in [0.1, 0.15) is 0 Å². The fourth-order valence-corrected chi connectivity index (χ4v) is 5.57. The monoisotopic (exact) mass is 461 g/mol. The van der Waals surface area contributed by atoms with Crippen molar-refractivity contribution in [3.05, 3.63) is 65.2 Å². The molecular weight excluding hydrogens is 422 g/mol. The number of aromatic nitrogens is 3. The van der Waals surface area contributed by atoms with E-state index in [9.17, 15) is 0 Å². The highest BCUT2D eigenvalue weighted by Crippen LogP contribution is 2.37. The third kappa shape index (κ3) is 5.71. The van der Waals surface area contributed by atoms with Crippen molar-refractivity contribution in [1.29, 1.82) is 0 Å². The van der Waals surface area contributed by atoms with Gasteiger partial charge in [-0.15, -0.1) is 10.2 Å². The quantitative estimate of drug-likeness (QED) is 0.358. The number of benzene rings is 2. The minimum atomic E-state index is 0.152. The Morgan fingerprint density at radius 2 is 1.30 bits per heavy atom. The zero-order valence-electron chi connectivity index (χ0n) is 21.2. The summed E-state index contributed by atoms with van der Waals surface area (Å²) in [7, 11) is 0. The molecule has 4 rings (SSSR count).